The van der Waals surface area contributed by atoms with Gasteiger partial charge in [-0.2, -0.15) is 0 Å². The highest BCUT2D eigenvalue weighted by Gasteiger charge is 1.98. The van der Waals surface area contributed by atoms with Gasteiger partial charge in [-0.3, -0.25) is 0 Å². The van der Waals surface area contributed by atoms with Crippen LogP contribution in [0.25, 0.3) is 0 Å². The molecule has 1 heteroatoms. The van der Waals surface area contributed by atoms with Crippen molar-refractivity contribution in [2.24, 2.45) is 0 Å². The molecule has 0 amide bonds. The molecular weight excluding hydrogens is 223 g/mol. The van der Waals surface area contributed by atoms with E-state index in [1.807, 2.05) is 6.92 Å². The minimum Gasteiger partial charge on any atom is -0.207 e. The Labute approximate surface area is 112 Å². The van der Waals surface area contributed by atoms with Crippen molar-refractivity contribution in [2.75, 3.05) is 0 Å². The lowest BCUT2D eigenvalue weighted by Crippen LogP contribution is -1.82. The molecule has 0 aliphatic heterocycles. The zero-order valence-electron chi connectivity index (χ0n) is 12.1. The van der Waals surface area contributed by atoms with Crippen LogP contribution in [0.1, 0.15) is 34.1 Å². The fourth-order valence-electron chi connectivity index (χ4n) is 0.719. The zero-order valence-corrected chi connectivity index (χ0v) is 12.1. The second-order valence-electron chi connectivity index (χ2n) is 4.21. The van der Waals surface area contributed by atoms with Crippen LogP contribution in [0, 0.1) is 0 Å². The lowest BCUT2D eigenvalue weighted by atomic mass is 10.1. The molecule has 0 bridgehead atoms. The molecule has 0 rings (SSSR count). The molecule has 0 radical (unpaired) electrons. The SMILES string of the molecule is C=C(C)/C=C\C(=C)C(=C)/C=C(/F)C(=C)C.CCC. The van der Waals surface area contributed by atoms with Crippen molar-refractivity contribution >= 4 is 0 Å². The molecule has 0 aromatic heterocycles. The van der Waals surface area contributed by atoms with Gasteiger partial charge in [0.1, 0.15) is 5.83 Å². The first-order chi connectivity index (χ1) is 8.26. The smallest absolute Gasteiger partial charge is 0.126 e. The Kier molecular flexibility index (Phi) is 10.9. The molecule has 0 aromatic rings. The van der Waals surface area contributed by atoms with Crippen molar-refractivity contribution in [1.82, 2.24) is 0 Å². The predicted octanol–water partition coefficient (Wildman–Crippen LogP) is 6.08. The van der Waals surface area contributed by atoms with E-state index in [4.69, 9.17) is 0 Å². The quantitative estimate of drug-likeness (QED) is 0.517. The van der Waals surface area contributed by atoms with E-state index < -0.39 is 0 Å². The molecule has 0 heterocycles. The average Bonchev–Trinajstić information content (AvgIpc) is 2.26. The minimum atomic E-state index is -0.370. The van der Waals surface area contributed by atoms with E-state index in [1.165, 1.54) is 12.5 Å². The summed E-state index contributed by atoms with van der Waals surface area (Å²) in [5, 5.41) is 0. The summed E-state index contributed by atoms with van der Waals surface area (Å²) in [4.78, 5) is 0. The van der Waals surface area contributed by atoms with E-state index >= 15 is 0 Å². The van der Waals surface area contributed by atoms with E-state index in [-0.39, 0.29) is 5.83 Å². The molecule has 0 aliphatic carbocycles. The van der Waals surface area contributed by atoms with Gasteiger partial charge in [-0.05, 0) is 36.6 Å². The summed E-state index contributed by atoms with van der Waals surface area (Å²) < 4.78 is 13.2. The molecule has 0 unspecified atom stereocenters. The van der Waals surface area contributed by atoms with Crippen molar-refractivity contribution in [3.63, 3.8) is 0 Å². The number of rotatable bonds is 5. The Hall–Kier alpha value is -1.63. The van der Waals surface area contributed by atoms with Gasteiger partial charge in [0, 0.05) is 0 Å². The lowest BCUT2D eigenvalue weighted by molar-refractivity contribution is 0.652. The molecule has 0 spiro atoms. The van der Waals surface area contributed by atoms with Crippen LogP contribution in [-0.2, 0) is 0 Å². The maximum Gasteiger partial charge on any atom is 0.126 e. The highest BCUT2D eigenvalue weighted by atomic mass is 19.1. The second kappa shape index (κ2) is 10.5. The van der Waals surface area contributed by atoms with Crippen LogP contribution >= 0.6 is 0 Å². The molecule has 0 fully saturated rings. The number of hydrogen-bond acceptors (Lipinski definition) is 0. The van der Waals surface area contributed by atoms with Gasteiger partial charge in [-0.1, -0.05) is 64.3 Å². The van der Waals surface area contributed by atoms with E-state index in [2.05, 4.69) is 40.2 Å². The maximum atomic E-state index is 13.2. The van der Waals surface area contributed by atoms with E-state index in [1.54, 1.807) is 19.1 Å². The summed E-state index contributed by atoms with van der Waals surface area (Å²) in [6, 6.07) is 0. The van der Waals surface area contributed by atoms with E-state index in [0.29, 0.717) is 16.7 Å². The van der Waals surface area contributed by atoms with Crippen LogP contribution in [0.4, 0.5) is 4.39 Å². The highest BCUT2D eigenvalue weighted by Crippen LogP contribution is 2.16. The normalized spacial score (nSPS) is 10.6. The highest BCUT2D eigenvalue weighted by molar-refractivity contribution is 5.46. The van der Waals surface area contributed by atoms with Gasteiger partial charge >= 0.3 is 0 Å². The van der Waals surface area contributed by atoms with Crippen molar-refractivity contribution in [1.29, 1.82) is 0 Å². The molecule has 100 valence electrons. The third kappa shape index (κ3) is 10.9. The first kappa shape index (κ1) is 18.7. The van der Waals surface area contributed by atoms with E-state index in [9.17, 15) is 4.39 Å². The molecule has 0 N–H and O–H groups in total. The van der Waals surface area contributed by atoms with Crippen LogP contribution in [-0.4, -0.2) is 0 Å². The molecule has 0 saturated carbocycles. The van der Waals surface area contributed by atoms with Gasteiger partial charge in [0.05, 0.1) is 0 Å². The first-order valence-corrected chi connectivity index (χ1v) is 6.01. The van der Waals surface area contributed by atoms with E-state index in [0.717, 1.165) is 5.57 Å². The van der Waals surface area contributed by atoms with Crippen LogP contribution < -0.4 is 0 Å². The average molecular weight is 248 g/mol. The topological polar surface area (TPSA) is 0 Å². The van der Waals surface area contributed by atoms with Gasteiger partial charge in [-0.25, -0.2) is 4.39 Å². The first-order valence-electron chi connectivity index (χ1n) is 6.01. The molecule has 0 aromatic carbocycles. The molecule has 0 atom stereocenters. The Balaban J connectivity index is 0. The Morgan fingerprint density at radius 1 is 0.944 bits per heavy atom. The summed E-state index contributed by atoms with van der Waals surface area (Å²) in [6.45, 7) is 22.4. The largest absolute Gasteiger partial charge is 0.207 e. The second-order valence-corrected chi connectivity index (χ2v) is 4.21. The van der Waals surface area contributed by atoms with Crippen molar-refractivity contribution in [3.8, 4) is 0 Å². The summed E-state index contributed by atoms with van der Waals surface area (Å²) >= 11 is 0. The molecule has 18 heavy (non-hydrogen) atoms. The third-order valence-electron chi connectivity index (χ3n) is 1.69. The lowest BCUT2D eigenvalue weighted by Gasteiger charge is -2.00. The summed E-state index contributed by atoms with van der Waals surface area (Å²) in [5.41, 5.74) is 2.49. The van der Waals surface area contributed by atoms with Gasteiger partial charge in [0.25, 0.3) is 0 Å². The van der Waals surface area contributed by atoms with Gasteiger partial charge in [0.2, 0.25) is 0 Å². The fraction of sp³-hybridized carbons (Fsp3) is 0.294. The third-order valence-corrected chi connectivity index (χ3v) is 1.69. The van der Waals surface area contributed by atoms with Gasteiger partial charge in [-0.15, -0.1) is 0 Å². The molecule has 0 aliphatic rings. The zero-order chi connectivity index (χ0) is 14.7. The van der Waals surface area contributed by atoms with Crippen molar-refractivity contribution < 1.29 is 4.39 Å². The summed E-state index contributed by atoms with van der Waals surface area (Å²) in [5.74, 6) is -0.370. The summed E-state index contributed by atoms with van der Waals surface area (Å²) in [6.07, 6.45) is 6.14. The predicted molar refractivity (Wildman–Crippen MR) is 82.2 cm³/mol. The fourth-order valence-corrected chi connectivity index (χ4v) is 0.719. The van der Waals surface area contributed by atoms with Crippen LogP contribution in [0.2, 0.25) is 0 Å². The Morgan fingerprint density at radius 3 is 1.72 bits per heavy atom. The minimum absolute atomic E-state index is 0.370. The van der Waals surface area contributed by atoms with Crippen LogP contribution in [0.3, 0.4) is 0 Å². The van der Waals surface area contributed by atoms with Crippen LogP contribution in [0.15, 0.2) is 72.7 Å². The monoisotopic (exact) mass is 248 g/mol. The van der Waals surface area contributed by atoms with Crippen molar-refractivity contribution in [2.45, 2.75) is 34.1 Å². The maximum absolute atomic E-state index is 13.2. The van der Waals surface area contributed by atoms with Gasteiger partial charge < -0.3 is 0 Å². The standard InChI is InChI=1S/C14H17F.C3H8/c1-10(2)7-8-12(5)13(6)9-14(15)11(3)4;1-3-2/h7-9H,1,3,5-6H2,2,4H3;3H2,1-2H3/b8-7-,14-9+;. The Bertz CT molecular complexity index is 378. The molecule has 0 saturated heterocycles. The number of halogens is 1. The number of allylic oxidation sites excluding steroid dienone is 8. The van der Waals surface area contributed by atoms with Crippen molar-refractivity contribution in [3.05, 3.63) is 72.7 Å². The Morgan fingerprint density at radius 2 is 1.39 bits per heavy atom. The molecule has 0 nitrogen and oxygen atoms in total. The molecular formula is C17H25F. The van der Waals surface area contributed by atoms with Crippen LogP contribution in [0.5, 0.6) is 0 Å². The summed E-state index contributed by atoms with van der Waals surface area (Å²) in [7, 11) is 0. The number of hydrogen-bond donors (Lipinski definition) is 0. The van der Waals surface area contributed by atoms with Gasteiger partial charge in [0.15, 0.2) is 0 Å².